The van der Waals surface area contributed by atoms with Gasteiger partial charge in [-0.1, -0.05) is 19.3 Å². The molecule has 88 valence electrons. The summed E-state index contributed by atoms with van der Waals surface area (Å²) >= 11 is 0. The molecule has 1 saturated carbocycles. The van der Waals surface area contributed by atoms with Crippen LogP contribution in [0.5, 0.6) is 0 Å². The Morgan fingerprint density at radius 1 is 1.40 bits per heavy atom. The van der Waals surface area contributed by atoms with Crippen LogP contribution in [-0.4, -0.2) is 36.5 Å². The molecule has 0 spiro atoms. The summed E-state index contributed by atoms with van der Waals surface area (Å²) < 4.78 is 0. The van der Waals surface area contributed by atoms with Gasteiger partial charge in [0.25, 0.3) is 0 Å². The van der Waals surface area contributed by atoms with Gasteiger partial charge < -0.3 is 11.5 Å². The maximum Gasteiger partial charge on any atom is 0.219 e. The number of hydrogen-bond acceptors (Lipinski definition) is 3. The first-order chi connectivity index (χ1) is 7.15. The van der Waals surface area contributed by atoms with E-state index in [1.807, 2.05) is 0 Å². The SMILES string of the molecule is CN(C1CCCCC1)C(CN)CC(N)=O. The lowest BCUT2D eigenvalue weighted by atomic mass is 9.93. The maximum absolute atomic E-state index is 10.9. The Hall–Kier alpha value is -0.610. The molecule has 4 heteroatoms. The van der Waals surface area contributed by atoms with Gasteiger partial charge in [0, 0.05) is 25.0 Å². The molecule has 0 aromatic carbocycles. The maximum atomic E-state index is 10.9. The highest BCUT2D eigenvalue weighted by atomic mass is 16.1. The number of carbonyl (C=O) groups excluding carboxylic acids is 1. The molecule has 1 rings (SSSR count). The van der Waals surface area contributed by atoms with Gasteiger partial charge in [-0.15, -0.1) is 0 Å². The van der Waals surface area contributed by atoms with E-state index in [1.54, 1.807) is 0 Å². The molecule has 15 heavy (non-hydrogen) atoms. The average Bonchev–Trinajstić information content (AvgIpc) is 2.26. The molecule has 1 atom stereocenters. The number of hydrogen-bond donors (Lipinski definition) is 2. The van der Waals surface area contributed by atoms with Crippen molar-refractivity contribution in [3.63, 3.8) is 0 Å². The van der Waals surface area contributed by atoms with Crippen molar-refractivity contribution in [1.29, 1.82) is 0 Å². The molecule has 0 bridgehead atoms. The van der Waals surface area contributed by atoms with Crippen LogP contribution >= 0.6 is 0 Å². The van der Waals surface area contributed by atoms with Crippen LogP contribution in [0.25, 0.3) is 0 Å². The Bertz CT molecular complexity index is 202. The summed E-state index contributed by atoms with van der Waals surface area (Å²) in [5, 5.41) is 0. The highest BCUT2D eigenvalue weighted by molar-refractivity contribution is 5.74. The fourth-order valence-electron chi connectivity index (χ4n) is 2.41. The quantitative estimate of drug-likeness (QED) is 0.696. The number of likely N-dealkylation sites (N-methyl/N-ethyl adjacent to an activating group) is 1. The number of primary amides is 1. The molecule has 0 heterocycles. The van der Waals surface area contributed by atoms with Crippen LogP contribution in [-0.2, 0) is 4.79 Å². The summed E-state index contributed by atoms with van der Waals surface area (Å²) in [4.78, 5) is 13.1. The monoisotopic (exact) mass is 213 g/mol. The number of amides is 1. The first-order valence-electron chi connectivity index (χ1n) is 5.85. The molecule has 1 fully saturated rings. The second-order valence-electron chi connectivity index (χ2n) is 4.52. The van der Waals surface area contributed by atoms with E-state index in [0.29, 0.717) is 19.0 Å². The van der Waals surface area contributed by atoms with E-state index in [-0.39, 0.29) is 11.9 Å². The molecule has 0 radical (unpaired) electrons. The van der Waals surface area contributed by atoms with Gasteiger partial charge in [-0.2, -0.15) is 0 Å². The van der Waals surface area contributed by atoms with Crippen molar-refractivity contribution in [3.05, 3.63) is 0 Å². The number of rotatable bonds is 5. The van der Waals surface area contributed by atoms with Gasteiger partial charge in [0.15, 0.2) is 0 Å². The number of nitrogens with two attached hydrogens (primary N) is 2. The largest absolute Gasteiger partial charge is 0.370 e. The second kappa shape index (κ2) is 6.08. The Balaban J connectivity index is 2.46. The van der Waals surface area contributed by atoms with Crippen LogP contribution < -0.4 is 11.5 Å². The third-order valence-electron chi connectivity index (χ3n) is 3.44. The molecule has 1 aliphatic rings. The minimum atomic E-state index is -0.256. The van der Waals surface area contributed by atoms with Crippen LogP contribution in [0.3, 0.4) is 0 Å². The van der Waals surface area contributed by atoms with Crippen molar-refractivity contribution in [2.45, 2.75) is 50.6 Å². The summed E-state index contributed by atoms with van der Waals surface area (Å²) in [6.07, 6.45) is 6.76. The van der Waals surface area contributed by atoms with Crippen LogP contribution in [0.15, 0.2) is 0 Å². The topological polar surface area (TPSA) is 72.3 Å². The molecular weight excluding hydrogens is 190 g/mol. The summed E-state index contributed by atoms with van der Waals surface area (Å²) in [7, 11) is 2.07. The van der Waals surface area contributed by atoms with E-state index < -0.39 is 0 Å². The minimum absolute atomic E-state index is 0.116. The third kappa shape index (κ3) is 3.80. The summed E-state index contributed by atoms with van der Waals surface area (Å²) in [5.74, 6) is -0.256. The van der Waals surface area contributed by atoms with Crippen LogP contribution in [0.4, 0.5) is 0 Å². The van der Waals surface area contributed by atoms with Gasteiger partial charge in [-0.25, -0.2) is 0 Å². The lowest BCUT2D eigenvalue weighted by molar-refractivity contribution is -0.119. The lowest BCUT2D eigenvalue weighted by Gasteiger charge is -2.36. The predicted octanol–water partition coefficient (Wildman–Crippen LogP) is 0.454. The molecule has 0 aromatic rings. The minimum Gasteiger partial charge on any atom is -0.370 e. The van der Waals surface area contributed by atoms with E-state index in [0.717, 1.165) is 0 Å². The molecule has 0 aromatic heterocycles. The van der Waals surface area contributed by atoms with Crippen molar-refractivity contribution >= 4 is 5.91 Å². The van der Waals surface area contributed by atoms with E-state index in [9.17, 15) is 4.79 Å². The molecule has 4 N–H and O–H groups in total. The first kappa shape index (κ1) is 12.5. The smallest absolute Gasteiger partial charge is 0.219 e. The van der Waals surface area contributed by atoms with Crippen LogP contribution in [0, 0.1) is 0 Å². The van der Waals surface area contributed by atoms with Gasteiger partial charge in [-0.3, -0.25) is 9.69 Å². The molecule has 4 nitrogen and oxygen atoms in total. The van der Waals surface area contributed by atoms with Gasteiger partial charge >= 0.3 is 0 Å². The van der Waals surface area contributed by atoms with Crippen LogP contribution in [0.2, 0.25) is 0 Å². The normalized spacial score (nSPS) is 20.5. The van der Waals surface area contributed by atoms with Crippen molar-refractivity contribution in [2.75, 3.05) is 13.6 Å². The van der Waals surface area contributed by atoms with Gasteiger partial charge in [0.2, 0.25) is 5.91 Å². The van der Waals surface area contributed by atoms with E-state index >= 15 is 0 Å². The molecule has 1 amide bonds. The predicted molar refractivity (Wildman–Crippen MR) is 61.3 cm³/mol. The highest BCUT2D eigenvalue weighted by Gasteiger charge is 2.24. The Morgan fingerprint density at radius 2 is 2.00 bits per heavy atom. The third-order valence-corrected chi connectivity index (χ3v) is 3.44. The van der Waals surface area contributed by atoms with Gasteiger partial charge in [0.1, 0.15) is 0 Å². The zero-order chi connectivity index (χ0) is 11.3. The molecule has 1 unspecified atom stereocenters. The fraction of sp³-hybridized carbons (Fsp3) is 0.909. The van der Waals surface area contributed by atoms with Gasteiger partial charge in [-0.05, 0) is 19.9 Å². The summed E-state index contributed by atoms with van der Waals surface area (Å²) in [6, 6.07) is 0.706. The average molecular weight is 213 g/mol. The summed E-state index contributed by atoms with van der Waals surface area (Å²) in [6.45, 7) is 0.510. The standard InChI is InChI=1S/C11H23N3O/c1-14(9-5-3-2-4-6-9)10(8-12)7-11(13)15/h9-10H,2-8,12H2,1H3,(H2,13,15). The van der Waals surface area contributed by atoms with Crippen LogP contribution in [0.1, 0.15) is 38.5 Å². The van der Waals surface area contributed by atoms with E-state index in [1.165, 1.54) is 32.1 Å². The van der Waals surface area contributed by atoms with E-state index in [4.69, 9.17) is 11.5 Å². The number of nitrogens with zero attached hydrogens (tertiary/aromatic N) is 1. The number of carbonyl (C=O) groups is 1. The molecule has 1 aliphatic carbocycles. The lowest BCUT2D eigenvalue weighted by Crippen LogP contribution is -2.46. The zero-order valence-electron chi connectivity index (χ0n) is 9.61. The summed E-state index contributed by atoms with van der Waals surface area (Å²) in [5.41, 5.74) is 10.9. The zero-order valence-corrected chi connectivity index (χ0v) is 9.61. The van der Waals surface area contributed by atoms with Crippen molar-refractivity contribution in [1.82, 2.24) is 4.90 Å². The van der Waals surface area contributed by atoms with Crippen molar-refractivity contribution in [2.24, 2.45) is 11.5 Å². The van der Waals surface area contributed by atoms with Gasteiger partial charge in [0.05, 0.1) is 0 Å². The van der Waals surface area contributed by atoms with Crippen molar-refractivity contribution < 1.29 is 4.79 Å². The molecule has 0 aliphatic heterocycles. The Morgan fingerprint density at radius 3 is 2.47 bits per heavy atom. The fourth-order valence-corrected chi connectivity index (χ4v) is 2.41. The first-order valence-corrected chi connectivity index (χ1v) is 5.85. The highest BCUT2D eigenvalue weighted by Crippen LogP contribution is 2.23. The Labute approximate surface area is 92.0 Å². The van der Waals surface area contributed by atoms with Crippen molar-refractivity contribution in [3.8, 4) is 0 Å². The Kier molecular flexibility index (Phi) is 5.05. The molecular formula is C11H23N3O. The second-order valence-corrected chi connectivity index (χ2v) is 4.52. The molecule has 0 saturated heterocycles. The van der Waals surface area contributed by atoms with E-state index in [2.05, 4.69) is 11.9 Å².